The Morgan fingerprint density at radius 3 is 2.44 bits per heavy atom. The second-order valence-electron chi connectivity index (χ2n) is 4.47. The van der Waals surface area contributed by atoms with Gasteiger partial charge in [-0.15, -0.1) is 0 Å². The average molecular weight is 265 g/mol. The maximum atomic E-state index is 12.0. The van der Waals surface area contributed by atoms with Crippen LogP contribution in [0, 0.1) is 11.3 Å². The third-order valence-corrected chi connectivity index (χ3v) is 4.71. The fourth-order valence-corrected chi connectivity index (χ4v) is 3.18. The van der Waals surface area contributed by atoms with Crippen molar-refractivity contribution in [3.05, 3.63) is 29.8 Å². The number of benzene rings is 1. The summed E-state index contributed by atoms with van der Waals surface area (Å²) in [6, 6.07) is 8.15. The minimum absolute atomic E-state index is 0.0889. The highest BCUT2D eigenvalue weighted by molar-refractivity contribution is 7.91. The molecule has 2 rings (SSSR count). The van der Waals surface area contributed by atoms with E-state index in [1.165, 1.54) is 24.3 Å². The molecule has 96 valence electrons. The first kappa shape index (κ1) is 13.0. The number of likely N-dealkylation sites (tertiary alicyclic amines) is 1. The Bertz CT molecular complexity index is 554. The maximum absolute atomic E-state index is 12.0. The molecule has 1 aliphatic heterocycles. The van der Waals surface area contributed by atoms with E-state index in [9.17, 15) is 8.42 Å². The van der Waals surface area contributed by atoms with Crippen molar-refractivity contribution in [2.24, 2.45) is 5.73 Å². The molecule has 0 bridgehead atoms. The highest BCUT2D eigenvalue weighted by atomic mass is 32.2. The van der Waals surface area contributed by atoms with Gasteiger partial charge in [0.05, 0.1) is 22.3 Å². The molecule has 0 aromatic heterocycles. The maximum Gasteiger partial charge on any atom is 0.179 e. The number of nitriles is 1. The fourth-order valence-electron chi connectivity index (χ4n) is 1.90. The lowest BCUT2D eigenvalue weighted by Crippen LogP contribution is -2.56. The van der Waals surface area contributed by atoms with E-state index in [4.69, 9.17) is 11.0 Å². The van der Waals surface area contributed by atoms with Gasteiger partial charge >= 0.3 is 0 Å². The predicted molar refractivity (Wildman–Crippen MR) is 67.6 cm³/mol. The molecule has 18 heavy (non-hydrogen) atoms. The molecule has 0 amide bonds. The number of nitrogens with two attached hydrogens (primary N) is 1. The van der Waals surface area contributed by atoms with Gasteiger partial charge in [-0.05, 0) is 24.3 Å². The molecule has 0 radical (unpaired) electrons. The molecule has 1 aromatic rings. The standard InChI is InChI=1S/C12H15N3O2S/c13-7-10-1-3-12(4-2-10)18(16,17)6-5-15-8-11(14)9-15/h1-4,11H,5-6,8-9,14H2. The molecule has 0 spiro atoms. The Labute approximate surface area is 107 Å². The van der Waals surface area contributed by atoms with Crippen molar-refractivity contribution in [1.82, 2.24) is 4.90 Å². The first-order chi connectivity index (χ1) is 8.51. The third-order valence-electron chi connectivity index (χ3n) is 3.00. The Hall–Kier alpha value is -1.42. The molecule has 6 heteroatoms. The highest BCUT2D eigenvalue weighted by Gasteiger charge is 2.24. The average Bonchev–Trinajstić information content (AvgIpc) is 2.33. The lowest BCUT2D eigenvalue weighted by atomic mass is 10.1. The zero-order chi connectivity index (χ0) is 13.2. The molecular formula is C12H15N3O2S. The van der Waals surface area contributed by atoms with Gasteiger partial charge in [-0.1, -0.05) is 0 Å². The van der Waals surface area contributed by atoms with Crippen LogP contribution < -0.4 is 5.73 Å². The van der Waals surface area contributed by atoms with Crippen molar-refractivity contribution in [2.45, 2.75) is 10.9 Å². The van der Waals surface area contributed by atoms with Gasteiger partial charge in [0.2, 0.25) is 0 Å². The monoisotopic (exact) mass is 265 g/mol. The molecule has 0 saturated carbocycles. The fraction of sp³-hybridized carbons (Fsp3) is 0.417. The van der Waals surface area contributed by atoms with Crippen LogP contribution in [0.3, 0.4) is 0 Å². The van der Waals surface area contributed by atoms with Crippen molar-refractivity contribution in [1.29, 1.82) is 5.26 Å². The highest BCUT2D eigenvalue weighted by Crippen LogP contribution is 2.13. The summed E-state index contributed by atoms with van der Waals surface area (Å²) in [5, 5.41) is 8.65. The smallest absolute Gasteiger partial charge is 0.179 e. The Morgan fingerprint density at radius 2 is 1.94 bits per heavy atom. The Kier molecular flexibility index (Phi) is 3.66. The van der Waals surface area contributed by atoms with E-state index in [0.29, 0.717) is 12.1 Å². The zero-order valence-corrected chi connectivity index (χ0v) is 10.7. The molecule has 1 aliphatic rings. The summed E-state index contributed by atoms with van der Waals surface area (Å²) in [6.07, 6.45) is 0. The summed E-state index contributed by atoms with van der Waals surface area (Å²) in [4.78, 5) is 2.29. The van der Waals surface area contributed by atoms with Gasteiger partial charge < -0.3 is 5.73 Å². The summed E-state index contributed by atoms with van der Waals surface area (Å²) in [7, 11) is -3.27. The molecule has 0 atom stereocenters. The van der Waals surface area contributed by atoms with E-state index >= 15 is 0 Å². The Balaban J connectivity index is 1.99. The quantitative estimate of drug-likeness (QED) is 0.826. The van der Waals surface area contributed by atoms with E-state index < -0.39 is 9.84 Å². The molecule has 0 aliphatic carbocycles. The number of hydrogen-bond donors (Lipinski definition) is 1. The molecule has 0 unspecified atom stereocenters. The van der Waals surface area contributed by atoms with Crippen LogP contribution in [-0.4, -0.2) is 44.7 Å². The van der Waals surface area contributed by atoms with Crippen molar-refractivity contribution >= 4 is 9.84 Å². The van der Waals surface area contributed by atoms with Crippen LogP contribution in [-0.2, 0) is 9.84 Å². The van der Waals surface area contributed by atoms with E-state index in [1.807, 2.05) is 11.0 Å². The van der Waals surface area contributed by atoms with Crippen molar-refractivity contribution in [3.8, 4) is 6.07 Å². The summed E-state index contributed by atoms with van der Waals surface area (Å²) in [5.74, 6) is 0.0889. The van der Waals surface area contributed by atoms with Crippen LogP contribution in [0.4, 0.5) is 0 Å². The molecule has 1 fully saturated rings. The zero-order valence-electron chi connectivity index (χ0n) is 9.91. The number of nitrogens with zero attached hydrogens (tertiary/aromatic N) is 2. The summed E-state index contributed by atoms with van der Waals surface area (Å²) < 4.78 is 24.0. The topological polar surface area (TPSA) is 87.2 Å². The third kappa shape index (κ3) is 2.88. The minimum atomic E-state index is -3.27. The van der Waals surface area contributed by atoms with Crippen LogP contribution in [0.5, 0.6) is 0 Å². The van der Waals surface area contributed by atoms with Crippen LogP contribution in [0.25, 0.3) is 0 Å². The van der Waals surface area contributed by atoms with Crippen molar-refractivity contribution in [3.63, 3.8) is 0 Å². The van der Waals surface area contributed by atoms with Crippen LogP contribution >= 0.6 is 0 Å². The van der Waals surface area contributed by atoms with E-state index in [2.05, 4.69) is 0 Å². The molecule has 2 N–H and O–H groups in total. The number of hydrogen-bond acceptors (Lipinski definition) is 5. The lowest BCUT2D eigenvalue weighted by Gasteiger charge is -2.36. The minimum Gasteiger partial charge on any atom is -0.325 e. The van der Waals surface area contributed by atoms with Gasteiger partial charge in [0.1, 0.15) is 0 Å². The molecule has 1 aromatic carbocycles. The SMILES string of the molecule is N#Cc1ccc(S(=O)(=O)CCN2CC(N)C2)cc1. The molecular weight excluding hydrogens is 250 g/mol. The van der Waals surface area contributed by atoms with E-state index in [-0.39, 0.29) is 16.7 Å². The van der Waals surface area contributed by atoms with Gasteiger partial charge in [0.25, 0.3) is 0 Å². The predicted octanol–water partition coefficient (Wildman–Crippen LogP) is -0.0251. The van der Waals surface area contributed by atoms with Crippen LogP contribution in [0.1, 0.15) is 5.56 Å². The molecule has 5 nitrogen and oxygen atoms in total. The number of rotatable bonds is 4. The van der Waals surface area contributed by atoms with Gasteiger partial charge in [0.15, 0.2) is 9.84 Å². The van der Waals surface area contributed by atoms with Gasteiger partial charge in [-0.25, -0.2) is 8.42 Å². The van der Waals surface area contributed by atoms with Gasteiger partial charge in [-0.2, -0.15) is 5.26 Å². The van der Waals surface area contributed by atoms with Crippen molar-refractivity contribution < 1.29 is 8.42 Å². The first-order valence-electron chi connectivity index (χ1n) is 5.72. The largest absolute Gasteiger partial charge is 0.325 e. The lowest BCUT2D eigenvalue weighted by molar-refractivity contribution is 0.161. The first-order valence-corrected chi connectivity index (χ1v) is 7.37. The van der Waals surface area contributed by atoms with Crippen LogP contribution in [0.2, 0.25) is 0 Å². The van der Waals surface area contributed by atoms with Gasteiger partial charge in [-0.3, -0.25) is 4.90 Å². The van der Waals surface area contributed by atoms with Crippen LogP contribution in [0.15, 0.2) is 29.2 Å². The normalized spacial score (nSPS) is 17.1. The summed E-state index contributed by atoms with van der Waals surface area (Å²) in [6.45, 7) is 2.04. The van der Waals surface area contributed by atoms with Crippen molar-refractivity contribution in [2.75, 3.05) is 25.4 Å². The van der Waals surface area contributed by atoms with E-state index in [1.54, 1.807) is 0 Å². The molecule has 1 heterocycles. The summed E-state index contributed by atoms with van der Waals surface area (Å²) >= 11 is 0. The number of sulfone groups is 1. The van der Waals surface area contributed by atoms with E-state index in [0.717, 1.165) is 13.1 Å². The second kappa shape index (κ2) is 5.06. The van der Waals surface area contributed by atoms with Gasteiger partial charge in [0, 0.05) is 25.7 Å². The Morgan fingerprint density at radius 1 is 1.33 bits per heavy atom. The second-order valence-corrected chi connectivity index (χ2v) is 6.58. The summed E-state index contributed by atoms with van der Waals surface area (Å²) in [5.41, 5.74) is 6.09. The molecule has 1 saturated heterocycles.